The van der Waals surface area contributed by atoms with Crippen molar-refractivity contribution in [2.24, 2.45) is 0 Å². The summed E-state index contributed by atoms with van der Waals surface area (Å²) in [6.07, 6.45) is 29.2. The Hall–Kier alpha value is -0.530. The van der Waals surface area contributed by atoms with Gasteiger partial charge >= 0.3 is 0 Å². The zero-order valence-electron chi connectivity index (χ0n) is 18.3. The van der Waals surface area contributed by atoms with Gasteiger partial charge in [0.05, 0.1) is 0 Å². The van der Waals surface area contributed by atoms with Crippen molar-refractivity contribution in [1.29, 1.82) is 0 Å². The molecule has 0 aromatic carbocycles. The van der Waals surface area contributed by atoms with E-state index in [2.05, 4.69) is 6.92 Å². The first kappa shape index (κ1) is 25.5. The van der Waals surface area contributed by atoms with Crippen LogP contribution in [0.15, 0.2) is 0 Å². The summed E-state index contributed by atoms with van der Waals surface area (Å²) in [6.45, 7) is 3.21. The van der Waals surface area contributed by atoms with Gasteiger partial charge in [-0.15, -0.1) is 0 Å². The summed E-state index contributed by atoms with van der Waals surface area (Å²) >= 11 is 0. The van der Waals surface area contributed by atoms with E-state index in [1.165, 1.54) is 122 Å². The van der Waals surface area contributed by atoms with Gasteiger partial charge in [-0.1, -0.05) is 129 Å². The number of unbranched alkanes of at least 4 members (excludes halogenated alkanes) is 19. The van der Waals surface area contributed by atoms with E-state index in [0.717, 1.165) is 19.4 Å². The number of carbonyl (C=O) groups is 1. The normalized spacial score (nSPS) is 11.0. The molecule has 0 N–H and O–H groups in total. The molecule has 0 spiro atoms. The first-order chi connectivity index (χ1) is 12.8. The van der Waals surface area contributed by atoms with Gasteiger partial charge in [-0.3, -0.25) is 4.79 Å². The molecule has 0 fully saturated rings. The summed E-state index contributed by atoms with van der Waals surface area (Å²) in [6, 6.07) is 0. The number of carbonyl (C=O) groups excluding carboxylic acids is 1. The molecule has 26 heavy (non-hydrogen) atoms. The van der Waals surface area contributed by atoms with E-state index in [-0.39, 0.29) is 0 Å². The van der Waals surface area contributed by atoms with Crippen molar-refractivity contribution in [3.8, 4) is 0 Å². The Balaban J connectivity index is 3.00. The second kappa shape index (κ2) is 22.5. The van der Waals surface area contributed by atoms with E-state index in [0.29, 0.717) is 0 Å². The second-order valence-electron chi connectivity index (χ2n) is 8.30. The van der Waals surface area contributed by atoms with Crippen molar-refractivity contribution in [2.75, 3.05) is 13.6 Å². The van der Waals surface area contributed by atoms with Gasteiger partial charge in [0.15, 0.2) is 0 Å². The van der Waals surface area contributed by atoms with Gasteiger partial charge in [0.2, 0.25) is 6.41 Å². The molecule has 0 aliphatic rings. The summed E-state index contributed by atoms with van der Waals surface area (Å²) in [7, 11) is 1.86. The highest BCUT2D eigenvalue weighted by Gasteiger charge is 1.96. The Kier molecular flexibility index (Phi) is 22.1. The third-order valence-corrected chi connectivity index (χ3v) is 5.54. The van der Waals surface area contributed by atoms with E-state index in [9.17, 15) is 4.79 Å². The minimum absolute atomic E-state index is 0.919. The lowest BCUT2D eigenvalue weighted by Gasteiger charge is -2.09. The van der Waals surface area contributed by atoms with Gasteiger partial charge in [0.25, 0.3) is 0 Å². The molecule has 0 aliphatic heterocycles. The van der Waals surface area contributed by atoms with Crippen molar-refractivity contribution in [3.05, 3.63) is 0 Å². The fourth-order valence-corrected chi connectivity index (χ4v) is 3.67. The van der Waals surface area contributed by atoms with Crippen LogP contribution >= 0.6 is 0 Å². The maximum atomic E-state index is 10.5. The van der Waals surface area contributed by atoms with Crippen molar-refractivity contribution in [3.63, 3.8) is 0 Å². The van der Waals surface area contributed by atoms with Crippen LogP contribution in [0.3, 0.4) is 0 Å². The van der Waals surface area contributed by atoms with Gasteiger partial charge < -0.3 is 4.90 Å². The predicted octanol–water partition coefficient (Wildman–Crippen LogP) is 7.90. The topological polar surface area (TPSA) is 20.3 Å². The number of nitrogens with zero attached hydrogens (tertiary/aromatic N) is 1. The van der Waals surface area contributed by atoms with E-state index in [1.54, 1.807) is 4.90 Å². The summed E-state index contributed by atoms with van der Waals surface area (Å²) in [5.41, 5.74) is 0. The molecule has 0 aliphatic carbocycles. The first-order valence-electron chi connectivity index (χ1n) is 12.0. The highest BCUT2D eigenvalue weighted by molar-refractivity contribution is 5.46. The van der Waals surface area contributed by atoms with Crippen LogP contribution in [0.4, 0.5) is 0 Å². The Bertz CT molecular complexity index is 267. The first-order valence-corrected chi connectivity index (χ1v) is 12.0. The van der Waals surface area contributed by atoms with Crippen molar-refractivity contribution < 1.29 is 4.79 Å². The molecule has 2 nitrogen and oxygen atoms in total. The number of amides is 1. The lowest BCUT2D eigenvalue weighted by atomic mass is 10.0. The quantitative estimate of drug-likeness (QED) is 0.141. The zero-order chi connectivity index (χ0) is 19.1. The summed E-state index contributed by atoms with van der Waals surface area (Å²) < 4.78 is 0. The van der Waals surface area contributed by atoms with Crippen LogP contribution in [0.5, 0.6) is 0 Å². The van der Waals surface area contributed by atoms with Crippen LogP contribution in [0.1, 0.15) is 135 Å². The summed E-state index contributed by atoms with van der Waals surface area (Å²) in [5.74, 6) is 0. The minimum Gasteiger partial charge on any atom is -0.348 e. The predicted molar refractivity (Wildman–Crippen MR) is 117 cm³/mol. The van der Waals surface area contributed by atoms with Crippen LogP contribution in [0.25, 0.3) is 0 Å². The molecule has 0 rings (SSSR count). The van der Waals surface area contributed by atoms with Crippen LogP contribution in [-0.4, -0.2) is 24.9 Å². The molecule has 0 bridgehead atoms. The molecular weight excluding hydrogens is 318 g/mol. The highest BCUT2D eigenvalue weighted by Crippen LogP contribution is 2.14. The Morgan fingerprint density at radius 1 is 0.500 bits per heavy atom. The highest BCUT2D eigenvalue weighted by atomic mass is 16.1. The second-order valence-corrected chi connectivity index (χ2v) is 8.30. The molecule has 156 valence electrons. The fraction of sp³-hybridized carbons (Fsp3) is 0.958. The largest absolute Gasteiger partial charge is 0.348 e. The third kappa shape index (κ3) is 21.5. The standard InChI is InChI=1S/C24H49NO/c1-3-4-5-6-7-8-9-10-11-12-13-14-15-16-17-18-19-20-21-22-23-25(2)24-26/h24H,3-23H2,1-2H3. The van der Waals surface area contributed by atoms with Gasteiger partial charge in [-0.2, -0.15) is 0 Å². The molecule has 0 saturated heterocycles. The smallest absolute Gasteiger partial charge is 0.209 e. The van der Waals surface area contributed by atoms with Crippen LogP contribution < -0.4 is 0 Å². The molecule has 0 aromatic rings. The van der Waals surface area contributed by atoms with Gasteiger partial charge in [0, 0.05) is 13.6 Å². The molecule has 0 heterocycles. The molecule has 2 heteroatoms. The third-order valence-electron chi connectivity index (χ3n) is 5.54. The van der Waals surface area contributed by atoms with E-state index >= 15 is 0 Å². The monoisotopic (exact) mass is 367 g/mol. The maximum absolute atomic E-state index is 10.5. The van der Waals surface area contributed by atoms with Crippen LogP contribution in [-0.2, 0) is 4.79 Å². The van der Waals surface area contributed by atoms with Crippen LogP contribution in [0, 0.1) is 0 Å². The lowest BCUT2D eigenvalue weighted by molar-refractivity contribution is -0.117. The molecule has 0 radical (unpaired) electrons. The van der Waals surface area contributed by atoms with Crippen molar-refractivity contribution in [2.45, 2.75) is 135 Å². The molecule has 1 amide bonds. The Labute approximate surface area is 165 Å². The van der Waals surface area contributed by atoms with Gasteiger partial charge in [-0.05, 0) is 6.42 Å². The molecule has 0 saturated carbocycles. The SMILES string of the molecule is CCCCCCCCCCCCCCCCCCCCCCN(C)C=O. The summed E-state index contributed by atoms with van der Waals surface area (Å²) in [5, 5.41) is 0. The van der Waals surface area contributed by atoms with Crippen molar-refractivity contribution in [1.82, 2.24) is 4.90 Å². The average molecular weight is 368 g/mol. The van der Waals surface area contributed by atoms with Crippen LogP contribution in [0.2, 0.25) is 0 Å². The minimum atomic E-state index is 0.919. The molecule has 0 unspecified atom stereocenters. The lowest BCUT2D eigenvalue weighted by Crippen LogP contribution is -2.16. The van der Waals surface area contributed by atoms with E-state index < -0.39 is 0 Å². The Morgan fingerprint density at radius 3 is 1.04 bits per heavy atom. The zero-order valence-corrected chi connectivity index (χ0v) is 18.3. The number of rotatable bonds is 22. The number of hydrogen-bond donors (Lipinski definition) is 0. The van der Waals surface area contributed by atoms with E-state index in [1.807, 2.05) is 7.05 Å². The Morgan fingerprint density at radius 2 is 0.769 bits per heavy atom. The van der Waals surface area contributed by atoms with E-state index in [4.69, 9.17) is 0 Å². The average Bonchev–Trinajstić information content (AvgIpc) is 2.66. The molecule has 0 atom stereocenters. The maximum Gasteiger partial charge on any atom is 0.209 e. The van der Waals surface area contributed by atoms with Crippen molar-refractivity contribution >= 4 is 6.41 Å². The van der Waals surface area contributed by atoms with Gasteiger partial charge in [-0.25, -0.2) is 0 Å². The molecule has 0 aromatic heterocycles. The molecular formula is C24H49NO. The van der Waals surface area contributed by atoms with Gasteiger partial charge in [0.1, 0.15) is 0 Å². The summed E-state index contributed by atoms with van der Waals surface area (Å²) in [4.78, 5) is 12.2. The number of hydrogen-bond acceptors (Lipinski definition) is 1. The fourth-order valence-electron chi connectivity index (χ4n) is 3.67.